The molecule has 2 atom stereocenters. The fraction of sp³-hybridized carbons (Fsp3) is 0.538. The molecule has 5 heteroatoms. The Morgan fingerprint density at radius 2 is 2.22 bits per heavy atom. The van der Waals surface area contributed by atoms with E-state index >= 15 is 0 Å². The van der Waals surface area contributed by atoms with Crippen molar-refractivity contribution >= 4 is 22.4 Å². The molecule has 0 spiro atoms. The maximum absolute atomic E-state index is 13.0. The van der Waals surface area contributed by atoms with Gasteiger partial charge in [-0.15, -0.1) is 0 Å². The fourth-order valence-electron chi connectivity index (χ4n) is 1.51. The molecule has 1 aromatic carbocycles. The zero-order valence-electron chi connectivity index (χ0n) is 10.7. The number of hydrogen-bond acceptors (Lipinski definition) is 2. The van der Waals surface area contributed by atoms with Gasteiger partial charge in [-0.2, -0.15) is 0 Å². The Bertz CT molecular complexity index is 414. The number of benzene rings is 1. The molecular weight excluding hydrogens is 273 g/mol. The van der Waals surface area contributed by atoms with Crippen molar-refractivity contribution in [2.24, 2.45) is 0 Å². The first-order valence-electron chi connectivity index (χ1n) is 6.11. The van der Waals surface area contributed by atoms with Crippen LogP contribution in [0.3, 0.4) is 0 Å². The van der Waals surface area contributed by atoms with E-state index in [0.29, 0.717) is 16.7 Å². The summed E-state index contributed by atoms with van der Waals surface area (Å²) in [4.78, 5) is 0.587. The van der Waals surface area contributed by atoms with Crippen molar-refractivity contribution in [2.75, 3.05) is 12.3 Å². The van der Waals surface area contributed by atoms with Gasteiger partial charge in [-0.1, -0.05) is 18.5 Å². The smallest absolute Gasteiger partial charge is 0.141 e. The van der Waals surface area contributed by atoms with Crippen LogP contribution >= 0.6 is 11.6 Å². The van der Waals surface area contributed by atoms with Gasteiger partial charge in [0.2, 0.25) is 0 Å². The van der Waals surface area contributed by atoms with Crippen LogP contribution < -0.4 is 5.32 Å². The highest BCUT2D eigenvalue weighted by Crippen LogP contribution is 2.18. The molecule has 0 aliphatic heterocycles. The van der Waals surface area contributed by atoms with Gasteiger partial charge in [-0.3, -0.25) is 4.21 Å². The predicted octanol–water partition coefficient (Wildman–Crippen LogP) is 3.36. The zero-order valence-corrected chi connectivity index (χ0v) is 12.3. The Hall–Kier alpha value is -0.450. The van der Waals surface area contributed by atoms with Gasteiger partial charge in [0.25, 0.3) is 0 Å². The molecule has 1 N–H and O–H groups in total. The van der Waals surface area contributed by atoms with Gasteiger partial charge >= 0.3 is 0 Å². The quantitative estimate of drug-likeness (QED) is 0.834. The molecular formula is C13H19ClFNOS. The SMILES string of the molecule is CCCNC(C)CCS(=O)c1ccc(F)c(Cl)c1. The Morgan fingerprint density at radius 3 is 2.83 bits per heavy atom. The van der Waals surface area contributed by atoms with Crippen molar-refractivity contribution in [1.82, 2.24) is 5.32 Å². The summed E-state index contributed by atoms with van der Waals surface area (Å²) in [6.45, 7) is 5.15. The number of halogens is 2. The number of rotatable bonds is 7. The van der Waals surface area contributed by atoms with Crippen LogP contribution in [0.15, 0.2) is 23.1 Å². The van der Waals surface area contributed by atoms with Gasteiger partial charge in [0.05, 0.1) is 15.8 Å². The molecule has 0 aliphatic carbocycles. The molecule has 1 aromatic rings. The van der Waals surface area contributed by atoms with Crippen LogP contribution in [0.5, 0.6) is 0 Å². The maximum atomic E-state index is 13.0. The first kappa shape index (κ1) is 15.6. The van der Waals surface area contributed by atoms with Crippen molar-refractivity contribution in [2.45, 2.75) is 37.6 Å². The van der Waals surface area contributed by atoms with Crippen LogP contribution in [-0.2, 0) is 10.8 Å². The van der Waals surface area contributed by atoms with E-state index in [1.807, 2.05) is 0 Å². The lowest BCUT2D eigenvalue weighted by molar-refractivity contribution is 0.533. The van der Waals surface area contributed by atoms with Crippen LogP contribution in [0.2, 0.25) is 5.02 Å². The number of nitrogens with one attached hydrogen (secondary N) is 1. The standard InChI is InChI=1S/C13H19ClFNOS/c1-3-7-16-10(2)6-8-18(17)11-4-5-13(15)12(14)9-11/h4-5,9-10,16H,3,6-8H2,1-2H3. The maximum Gasteiger partial charge on any atom is 0.141 e. The third-order valence-electron chi connectivity index (χ3n) is 2.63. The second kappa shape index (κ2) is 7.87. The molecule has 102 valence electrons. The molecule has 0 saturated heterocycles. The molecule has 0 bridgehead atoms. The first-order valence-corrected chi connectivity index (χ1v) is 7.81. The Labute approximate surface area is 115 Å². The highest BCUT2D eigenvalue weighted by Gasteiger charge is 2.09. The second-order valence-corrected chi connectivity index (χ2v) is 6.25. The molecule has 0 aliphatic rings. The van der Waals surface area contributed by atoms with Crippen LogP contribution in [0, 0.1) is 5.82 Å². The third-order valence-corrected chi connectivity index (χ3v) is 4.31. The van der Waals surface area contributed by atoms with E-state index < -0.39 is 16.6 Å². The summed E-state index contributed by atoms with van der Waals surface area (Å²) < 4.78 is 25.0. The van der Waals surface area contributed by atoms with Crippen molar-refractivity contribution in [3.63, 3.8) is 0 Å². The van der Waals surface area contributed by atoms with Crippen molar-refractivity contribution in [3.05, 3.63) is 29.0 Å². The van der Waals surface area contributed by atoms with Gasteiger partial charge < -0.3 is 5.32 Å². The van der Waals surface area contributed by atoms with E-state index in [9.17, 15) is 8.60 Å². The number of hydrogen-bond donors (Lipinski definition) is 1. The lowest BCUT2D eigenvalue weighted by atomic mass is 10.2. The van der Waals surface area contributed by atoms with Crippen molar-refractivity contribution in [3.8, 4) is 0 Å². The summed E-state index contributed by atoms with van der Waals surface area (Å²) in [6.07, 6.45) is 1.91. The van der Waals surface area contributed by atoms with Crippen LogP contribution in [0.4, 0.5) is 4.39 Å². The van der Waals surface area contributed by atoms with E-state index in [1.165, 1.54) is 18.2 Å². The molecule has 0 heterocycles. The molecule has 2 nitrogen and oxygen atoms in total. The van der Waals surface area contributed by atoms with Gasteiger partial charge in [-0.05, 0) is 44.5 Å². The molecule has 0 aromatic heterocycles. The Morgan fingerprint density at radius 1 is 1.50 bits per heavy atom. The monoisotopic (exact) mass is 291 g/mol. The van der Waals surface area contributed by atoms with Gasteiger partial charge in [0.15, 0.2) is 0 Å². The molecule has 18 heavy (non-hydrogen) atoms. The summed E-state index contributed by atoms with van der Waals surface area (Å²) in [5.41, 5.74) is 0. The molecule has 0 amide bonds. The minimum absolute atomic E-state index is 0.0259. The molecule has 0 saturated carbocycles. The predicted molar refractivity (Wildman–Crippen MR) is 75.1 cm³/mol. The summed E-state index contributed by atoms with van der Waals surface area (Å²) in [6, 6.07) is 4.57. The molecule has 0 radical (unpaired) electrons. The molecule has 2 unspecified atom stereocenters. The van der Waals surface area contributed by atoms with Gasteiger partial charge in [0.1, 0.15) is 5.82 Å². The van der Waals surface area contributed by atoms with Crippen LogP contribution in [0.25, 0.3) is 0 Å². The highest BCUT2D eigenvalue weighted by atomic mass is 35.5. The van der Waals surface area contributed by atoms with Crippen molar-refractivity contribution < 1.29 is 8.60 Å². The summed E-state index contributed by atoms with van der Waals surface area (Å²) in [5.74, 6) is 0.0789. The minimum Gasteiger partial charge on any atom is -0.314 e. The second-order valence-electron chi connectivity index (χ2n) is 4.27. The fourth-order valence-corrected chi connectivity index (χ4v) is 3.03. The average molecular weight is 292 g/mol. The normalized spacial score (nSPS) is 14.4. The van der Waals surface area contributed by atoms with Gasteiger partial charge in [-0.25, -0.2) is 4.39 Å². The minimum atomic E-state index is -1.12. The average Bonchev–Trinajstić information content (AvgIpc) is 2.36. The Kier molecular flexibility index (Phi) is 6.82. The summed E-state index contributed by atoms with van der Waals surface area (Å²) in [5, 5.41) is 3.37. The van der Waals surface area contributed by atoms with Gasteiger partial charge in [0, 0.05) is 16.7 Å². The third kappa shape index (κ3) is 5.04. The van der Waals surface area contributed by atoms with E-state index in [-0.39, 0.29) is 5.02 Å². The molecule has 1 rings (SSSR count). The lowest BCUT2D eigenvalue weighted by Crippen LogP contribution is -2.28. The van der Waals surface area contributed by atoms with E-state index in [4.69, 9.17) is 11.6 Å². The summed E-state index contributed by atoms with van der Waals surface area (Å²) in [7, 11) is -1.12. The topological polar surface area (TPSA) is 29.1 Å². The zero-order chi connectivity index (χ0) is 13.5. The van der Waals surface area contributed by atoms with Crippen LogP contribution in [0.1, 0.15) is 26.7 Å². The van der Waals surface area contributed by atoms with Crippen molar-refractivity contribution in [1.29, 1.82) is 0 Å². The highest BCUT2D eigenvalue weighted by molar-refractivity contribution is 7.85. The molecule has 0 fully saturated rings. The van der Waals surface area contributed by atoms with E-state index in [0.717, 1.165) is 19.4 Å². The summed E-state index contributed by atoms with van der Waals surface area (Å²) >= 11 is 5.67. The van der Waals surface area contributed by atoms with E-state index in [2.05, 4.69) is 19.2 Å². The largest absolute Gasteiger partial charge is 0.314 e. The van der Waals surface area contributed by atoms with E-state index in [1.54, 1.807) is 0 Å². The lowest BCUT2D eigenvalue weighted by Gasteiger charge is -2.12. The Balaban J connectivity index is 2.47. The van der Waals surface area contributed by atoms with Crippen LogP contribution in [-0.4, -0.2) is 22.5 Å². The first-order chi connectivity index (χ1) is 8.54.